The molecule has 2 rings (SSSR count). The van der Waals surface area contributed by atoms with Gasteiger partial charge in [-0.3, -0.25) is 4.79 Å². The number of benzene rings is 1. The number of carbonyl (C=O) groups is 2. The van der Waals surface area contributed by atoms with E-state index in [-0.39, 0.29) is 24.0 Å². The van der Waals surface area contributed by atoms with Crippen LogP contribution in [0.2, 0.25) is 0 Å². The Balaban J connectivity index is 2.37. The molecule has 0 spiro atoms. The molecule has 23 heavy (non-hydrogen) atoms. The molecule has 0 aromatic heterocycles. The Hall–Kier alpha value is -2.04. The second-order valence-electron chi connectivity index (χ2n) is 6.20. The van der Waals surface area contributed by atoms with Gasteiger partial charge in [0, 0.05) is 5.56 Å². The van der Waals surface area contributed by atoms with Crippen molar-refractivity contribution in [3.05, 3.63) is 23.8 Å². The third-order valence-electron chi connectivity index (χ3n) is 3.98. The van der Waals surface area contributed by atoms with Crippen molar-refractivity contribution in [1.82, 2.24) is 0 Å². The Labute approximate surface area is 137 Å². The number of rotatable bonds is 5. The maximum atomic E-state index is 12.3. The lowest BCUT2D eigenvalue weighted by atomic mass is 10.1. The van der Waals surface area contributed by atoms with Crippen molar-refractivity contribution in [2.75, 3.05) is 11.4 Å². The summed E-state index contributed by atoms with van der Waals surface area (Å²) < 4.78 is 11.3. The number of carbonyl (C=O) groups excluding carboxylic acids is 2. The van der Waals surface area contributed by atoms with Crippen LogP contribution in [0.25, 0.3) is 0 Å². The van der Waals surface area contributed by atoms with Crippen molar-refractivity contribution >= 4 is 17.4 Å². The van der Waals surface area contributed by atoms with Crippen LogP contribution in [0.1, 0.15) is 51.4 Å². The molecule has 1 aromatic rings. The number of ketones is 1. The summed E-state index contributed by atoms with van der Waals surface area (Å²) in [4.78, 5) is 25.9. The first kappa shape index (κ1) is 17.3. The topological polar surface area (TPSA) is 55.8 Å². The van der Waals surface area contributed by atoms with Crippen LogP contribution in [0.5, 0.6) is 5.75 Å². The van der Waals surface area contributed by atoms with Crippen LogP contribution in [-0.4, -0.2) is 36.5 Å². The SMILES string of the molecule is CCC1CN(C(C)C(=O)OC(C)C)c2cc(C(C)=O)ccc2O1. The van der Waals surface area contributed by atoms with Crippen molar-refractivity contribution in [1.29, 1.82) is 0 Å². The Morgan fingerprint density at radius 3 is 2.61 bits per heavy atom. The van der Waals surface area contributed by atoms with E-state index in [1.165, 1.54) is 6.92 Å². The van der Waals surface area contributed by atoms with Crippen molar-refractivity contribution in [3.63, 3.8) is 0 Å². The number of esters is 1. The minimum absolute atomic E-state index is 0.0113. The molecule has 0 radical (unpaired) electrons. The van der Waals surface area contributed by atoms with Gasteiger partial charge in [0.1, 0.15) is 17.9 Å². The van der Waals surface area contributed by atoms with Crippen molar-refractivity contribution in [2.45, 2.75) is 59.3 Å². The van der Waals surface area contributed by atoms with E-state index in [1.807, 2.05) is 25.7 Å². The monoisotopic (exact) mass is 319 g/mol. The average molecular weight is 319 g/mol. The molecule has 5 nitrogen and oxygen atoms in total. The Kier molecular flexibility index (Phi) is 5.29. The maximum absolute atomic E-state index is 12.3. The predicted octanol–water partition coefficient (Wildman–Crippen LogP) is 3.21. The maximum Gasteiger partial charge on any atom is 0.328 e. The standard InChI is InChI=1S/C18H25NO4/c1-6-15-10-19(12(4)18(21)22-11(2)3)16-9-14(13(5)20)7-8-17(16)23-15/h7-9,11-12,15H,6,10H2,1-5H3. The highest BCUT2D eigenvalue weighted by molar-refractivity contribution is 5.96. The summed E-state index contributed by atoms with van der Waals surface area (Å²) in [7, 11) is 0. The molecule has 0 saturated carbocycles. The van der Waals surface area contributed by atoms with Crippen LogP contribution in [-0.2, 0) is 9.53 Å². The summed E-state index contributed by atoms with van der Waals surface area (Å²) in [6, 6.07) is 4.93. The molecule has 126 valence electrons. The average Bonchev–Trinajstić information content (AvgIpc) is 2.51. The second kappa shape index (κ2) is 7.02. The van der Waals surface area contributed by atoms with Gasteiger partial charge in [-0.1, -0.05) is 6.92 Å². The van der Waals surface area contributed by atoms with E-state index in [4.69, 9.17) is 9.47 Å². The molecule has 1 aliphatic heterocycles. The summed E-state index contributed by atoms with van der Waals surface area (Å²) in [5.74, 6) is 0.427. The third-order valence-corrected chi connectivity index (χ3v) is 3.98. The van der Waals surface area contributed by atoms with Gasteiger partial charge in [0.2, 0.25) is 0 Å². The van der Waals surface area contributed by atoms with Gasteiger partial charge in [-0.05, 0) is 52.3 Å². The van der Waals surface area contributed by atoms with Gasteiger partial charge in [-0.15, -0.1) is 0 Å². The zero-order valence-electron chi connectivity index (χ0n) is 14.5. The number of fused-ring (bicyclic) bond motifs is 1. The van der Waals surface area contributed by atoms with Gasteiger partial charge < -0.3 is 14.4 Å². The number of ether oxygens (including phenoxy) is 2. The van der Waals surface area contributed by atoms with Crippen LogP contribution >= 0.6 is 0 Å². The molecular formula is C18H25NO4. The normalized spacial score (nSPS) is 18.2. The van der Waals surface area contributed by atoms with E-state index in [0.29, 0.717) is 17.9 Å². The molecule has 0 aliphatic carbocycles. The molecular weight excluding hydrogens is 294 g/mol. The number of Topliss-reactive ketones (excluding diaryl/α,β-unsaturated/α-hetero) is 1. The van der Waals surface area contributed by atoms with Crippen LogP contribution in [0.15, 0.2) is 18.2 Å². The fraction of sp³-hybridized carbons (Fsp3) is 0.556. The zero-order valence-corrected chi connectivity index (χ0v) is 14.5. The fourth-order valence-corrected chi connectivity index (χ4v) is 2.63. The summed E-state index contributed by atoms with van der Waals surface area (Å²) >= 11 is 0. The lowest BCUT2D eigenvalue weighted by Crippen LogP contribution is -2.48. The van der Waals surface area contributed by atoms with Crippen molar-refractivity contribution in [2.24, 2.45) is 0 Å². The molecule has 0 saturated heterocycles. The molecule has 0 fully saturated rings. The molecule has 0 N–H and O–H groups in total. The van der Waals surface area contributed by atoms with Gasteiger partial charge in [0.15, 0.2) is 5.78 Å². The third kappa shape index (κ3) is 3.84. The largest absolute Gasteiger partial charge is 0.486 e. The number of hydrogen-bond acceptors (Lipinski definition) is 5. The molecule has 5 heteroatoms. The highest BCUT2D eigenvalue weighted by atomic mass is 16.5. The predicted molar refractivity (Wildman–Crippen MR) is 89.2 cm³/mol. The minimum atomic E-state index is -0.434. The Morgan fingerprint density at radius 1 is 1.35 bits per heavy atom. The molecule has 2 atom stereocenters. The first-order valence-corrected chi connectivity index (χ1v) is 8.12. The minimum Gasteiger partial charge on any atom is -0.486 e. The summed E-state index contributed by atoms with van der Waals surface area (Å²) in [5.41, 5.74) is 1.38. The number of hydrogen-bond donors (Lipinski definition) is 0. The smallest absolute Gasteiger partial charge is 0.328 e. The van der Waals surface area contributed by atoms with E-state index in [9.17, 15) is 9.59 Å². The van der Waals surface area contributed by atoms with Gasteiger partial charge >= 0.3 is 5.97 Å². The van der Waals surface area contributed by atoms with Gasteiger partial charge in [-0.2, -0.15) is 0 Å². The molecule has 1 aliphatic rings. The van der Waals surface area contributed by atoms with Crippen LogP contribution < -0.4 is 9.64 Å². The number of anilines is 1. The van der Waals surface area contributed by atoms with Gasteiger partial charge in [-0.25, -0.2) is 4.79 Å². The second-order valence-corrected chi connectivity index (χ2v) is 6.20. The summed E-state index contributed by atoms with van der Waals surface area (Å²) in [6.07, 6.45) is 0.701. The summed E-state index contributed by atoms with van der Waals surface area (Å²) in [5, 5.41) is 0. The van der Waals surface area contributed by atoms with Crippen LogP contribution in [0, 0.1) is 0 Å². The quantitative estimate of drug-likeness (QED) is 0.616. The first-order chi connectivity index (χ1) is 10.8. The fourth-order valence-electron chi connectivity index (χ4n) is 2.63. The molecule has 0 amide bonds. The lowest BCUT2D eigenvalue weighted by molar-refractivity contribution is -0.148. The molecule has 1 aromatic carbocycles. The summed E-state index contributed by atoms with van der Waals surface area (Å²) in [6.45, 7) is 9.67. The molecule has 2 unspecified atom stereocenters. The first-order valence-electron chi connectivity index (χ1n) is 8.12. The van der Waals surface area contributed by atoms with E-state index in [1.54, 1.807) is 18.2 Å². The Bertz CT molecular complexity index is 597. The van der Waals surface area contributed by atoms with E-state index >= 15 is 0 Å². The van der Waals surface area contributed by atoms with Gasteiger partial charge in [0.25, 0.3) is 0 Å². The van der Waals surface area contributed by atoms with E-state index < -0.39 is 6.04 Å². The van der Waals surface area contributed by atoms with Crippen molar-refractivity contribution in [3.8, 4) is 5.75 Å². The van der Waals surface area contributed by atoms with E-state index in [2.05, 4.69) is 6.92 Å². The van der Waals surface area contributed by atoms with Crippen molar-refractivity contribution < 1.29 is 19.1 Å². The number of nitrogens with zero attached hydrogens (tertiary/aromatic N) is 1. The Morgan fingerprint density at radius 2 is 2.04 bits per heavy atom. The highest BCUT2D eigenvalue weighted by Gasteiger charge is 2.32. The molecule has 0 bridgehead atoms. The van der Waals surface area contributed by atoms with Crippen LogP contribution in [0.4, 0.5) is 5.69 Å². The zero-order chi connectivity index (χ0) is 17.1. The van der Waals surface area contributed by atoms with Gasteiger partial charge in [0.05, 0.1) is 18.3 Å². The van der Waals surface area contributed by atoms with Crippen LogP contribution in [0.3, 0.4) is 0 Å². The lowest BCUT2D eigenvalue weighted by Gasteiger charge is -2.39. The molecule has 1 heterocycles. The highest BCUT2D eigenvalue weighted by Crippen LogP contribution is 2.36. The van der Waals surface area contributed by atoms with E-state index in [0.717, 1.165) is 12.1 Å².